The van der Waals surface area contributed by atoms with Crippen LogP contribution in [0.4, 0.5) is 0 Å². The average Bonchev–Trinajstić information content (AvgIpc) is 1.83. The van der Waals surface area contributed by atoms with Gasteiger partial charge < -0.3 is 16.6 Å². The van der Waals surface area contributed by atoms with Gasteiger partial charge in [0.15, 0.2) is 14.8 Å². The standard InChI is InChI=1S/C3H6NO3P.H3N/c4-1-3(5)7-2-8-6;/h1-2,4H2;1H3. The molecule has 9 heavy (non-hydrogen) atoms. The number of hydrogen-bond donors (Lipinski definition) is 2. The Morgan fingerprint density at radius 3 is 2.56 bits per heavy atom. The SMILES string of the molecule is N.NCC(=O)OCP=O. The molecule has 0 rings (SSSR count). The molecule has 0 radical (unpaired) electrons. The number of rotatable bonds is 3. The second kappa shape index (κ2) is 7.49. The second-order valence-corrected chi connectivity index (χ2v) is 1.50. The number of hydrogen-bond acceptors (Lipinski definition) is 5. The molecule has 0 aromatic carbocycles. The summed E-state index contributed by atoms with van der Waals surface area (Å²) >= 11 is 0. The summed E-state index contributed by atoms with van der Waals surface area (Å²) in [6.07, 6.45) is -0.101. The summed E-state index contributed by atoms with van der Waals surface area (Å²) in [6.45, 7) is -0.157. The smallest absolute Gasteiger partial charge is 0.320 e. The van der Waals surface area contributed by atoms with Crippen LogP contribution in [0.15, 0.2) is 0 Å². The third kappa shape index (κ3) is 7.49. The van der Waals surface area contributed by atoms with Crippen LogP contribution in [-0.2, 0) is 14.1 Å². The minimum atomic E-state index is -0.534. The molecular weight excluding hydrogens is 143 g/mol. The van der Waals surface area contributed by atoms with Crippen molar-refractivity contribution in [3.05, 3.63) is 0 Å². The van der Waals surface area contributed by atoms with Crippen molar-refractivity contribution >= 4 is 14.4 Å². The van der Waals surface area contributed by atoms with E-state index in [-0.39, 0.29) is 27.5 Å². The topological polar surface area (TPSA) is 104 Å². The first-order valence-corrected chi connectivity index (χ1v) is 2.96. The highest BCUT2D eigenvalue weighted by molar-refractivity contribution is 7.23. The fourth-order valence-electron chi connectivity index (χ4n) is 0.157. The minimum absolute atomic E-state index is 0. The highest BCUT2D eigenvalue weighted by atomic mass is 31.1. The van der Waals surface area contributed by atoms with Gasteiger partial charge in [0.1, 0.15) is 0 Å². The zero-order valence-corrected chi connectivity index (χ0v) is 5.77. The van der Waals surface area contributed by atoms with Crippen molar-refractivity contribution in [3.8, 4) is 0 Å². The first-order valence-electron chi connectivity index (χ1n) is 1.96. The molecule has 0 aromatic rings. The van der Waals surface area contributed by atoms with Crippen molar-refractivity contribution in [3.63, 3.8) is 0 Å². The normalized spacial score (nSPS) is 8.11. The summed E-state index contributed by atoms with van der Waals surface area (Å²) in [5.41, 5.74) is 4.83. The Balaban J connectivity index is 0. The predicted octanol–water partition coefficient (Wildman–Crippen LogP) is -0.101. The van der Waals surface area contributed by atoms with Crippen LogP contribution in [0.1, 0.15) is 0 Å². The summed E-state index contributed by atoms with van der Waals surface area (Å²) in [7, 11) is -0.199. The van der Waals surface area contributed by atoms with Crippen LogP contribution >= 0.6 is 8.46 Å². The molecule has 5 nitrogen and oxygen atoms in total. The summed E-state index contributed by atoms with van der Waals surface area (Å²) in [5.74, 6) is -0.534. The Labute approximate surface area is 54.3 Å². The van der Waals surface area contributed by atoms with Crippen LogP contribution in [0.25, 0.3) is 0 Å². The van der Waals surface area contributed by atoms with Crippen molar-refractivity contribution in [2.24, 2.45) is 5.73 Å². The molecule has 0 aliphatic rings. The molecule has 0 bridgehead atoms. The van der Waals surface area contributed by atoms with Crippen LogP contribution in [-0.4, -0.2) is 18.9 Å². The Morgan fingerprint density at radius 1 is 1.67 bits per heavy atom. The highest BCUT2D eigenvalue weighted by Crippen LogP contribution is 1.90. The summed E-state index contributed by atoms with van der Waals surface area (Å²) in [5, 5.41) is 0. The molecular formula is C3H9N2O3P. The fourth-order valence-corrected chi connectivity index (χ4v) is 0.354. The van der Waals surface area contributed by atoms with Gasteiger partial charge in [0.2, 0.25) is 0 Å². The predicted molar refractivity (Wildman–Crippen MR) is 32.6 cm³/mol. The van der Waals surface area contributed by atoms with E-state index in [0.29, 0.717) is 0 Å². The molecule has 54 valence electrons. The number of ether oxygens (including phenoxy) is 1. The molecule has 0 unspecified atom stereocenters. The molecule has 0 aliphatic heterocycles. The fraction of sp³-hybridized carbons (Fsp3) is 0.667. The van der Waals surface area contributed by atoms with Gasteiger partial charge in [-0.3, -0.25) is 9.36 Å². The van der Waals surface area contributed by atoms with Crippen molar-refractivity contribution < 1.29 is 14.1 Å². The first-order chi connectivity index (χ1) is 3.81. The molecule has 0 amide bonds. The summed E-state index contributed by atoms with van der Waals surface area (Å²) in [6, 6.07) is 0. The molecule has 0 aliphatic carbocycles. The van der Waals surface area contributed by atoms with E-state index in [1.165, 1.54) is 0 Å². The number of esters is 1. The van der Waals surface area contributed by atoms with E-state index in [9.17, 15) is 9.36 Å². The third-order valence-corrected chi connectivity index (χ3v) is 0.679. The Hall–Kier alpha value is -0.510. The van der Waals surface area contributed by atoms with Crippen LogP contribution in [0.2, 0.25) is 0 Å². The van der Waals surface area contributed by atoms with Gasteiger partial charge in [0.05, 0.1) is 6.54 Å². The van der Waals surface area contributed by atoms with Gasteiger partial charge in [0.25, 0.3) is 0 Å². The molecule has 6 heteroatoms. The number of carbonyl (C=O) groups is 1. The van der Waals surface area contributed by atoms with Crippen molar-refractivity contribution in [2.75, 3.05) is 12.9 Å². The lowest BCUT2D eigenvalue weighted by Crippen LogP contribution is -2.15. The maximum atomic E-state index is 10.1. The lowest BCUT2D eigenvalue weighted by molar-refractivity contribution is -0.139. The molecule has 0 aromatic heterocycles. The van der Waals surface area contributed by atoms with E-state index >= 15 is 0 Å². The first kappa shape index (κ1) is 11.3. The van der Waals surface area contributed by atoms with Crippen LogP contribution < -0.4 is 11.9 Å². The molecule has 0 fully saturated rings. The largest absolute Gasteiger partial charge is 0.452 e. The zero-order chi connectivity index (χ0) is 6.41. The molecule has 0 spiro atoms. The van der Waals surface area contributed by atoms with Gasteiger partial charge >= 0.3 is 5.97 Å². The molecule has 0 heterocycles. The lowest BCUT2D eigenvalue weighted by Gasteiger charge is -1.92. The van der Waals surface area contributed by atoms with Crippen LogP contribution in [0.3, 0.4) is 0 Å². The third-order valence-electron chi connectivity index (χ3n) is 0.445. The van der Waals surface area contributed by atoms with E-state index in [1.54, 1.807) is 0 Å². The molecule has 0 saturated carbocycles. The monoisotopic (exact) mass is 152 g/mol. The Kier molecular flexibility index (Phi) is 9.41. The van der Waals surface area contributed by atoms with Crippen molar-refractivity contribution in [1.29, 1.82) is 0 Å². The lowest BCUT2D eigenvalue weighted by atomic mass is 10.7. The number of carbonyl (C=O) groups excluding carboxylic acids is 1. The second-order valence-electron chi connectivity index (χ2n) is 0.979. The van der Waals surface area contributed by atoms with E-state index in [0.717, 1.165) is 0 Å². The van der Waals surface area contributed by atoms with E-state index in [1.807, 2.05) is 0 Å². The van der Waals surface area contributed by atoms with Gasteiger partial charge in [-0.2, -0.15) is 0 Å². The van der Waals surface area contributed by atoms with E-state index < -0.39 is 5.97 Å². The van der Waals surface area contributed by atoms with E-state index in [4.69, 9.17) is 5.73 Å². The Morgan fingerprint density at radius 2 is 2.22 bits per heavy atom. The average molecular weight is 152 g/mol. The molecule has 5 N–H and O–H groups in total. The molecule has 0 saturated heterocycles. The summed E-state index contributed by atoms with van der Waals surface area (Å²) < 4.78 is 13.9. The van der Waals surface area contributed by atoms with E-state index in [2.05, 4.69) is 4.74 Å². The van der Waals surface area contributed by atoms with Gasteiger partial charge in [-0.25, -0.2) is 0 Å². The van der Waals surface area contributed by atoms with Gasteiger partial charge in [-0.1, -0.05) is 0 Å². The maximum Gasteiger partial charge on any atom is 0.320 e. The van der Waals surface area contributed by atoms with Crippen molar-refractivity contribution in [1.82, 2.24) is 6.15 Å². The van der Waals surface area contributed by atoms with Crippen LogP contribution in [0.5, 0.6) is 0 Å². The van der Waals surface area contributed by atoms with Crippen LogP contribution in [0, 0.1) is 0 Å². The quantitative estimate of drug-likeness (QED) is 0.434. The van der Waals surface area contributed by atoms with Gasteiger partial charge in [-0.05, 0) is 0 Å². The molecule has 0 atom stereocenters. The highest BCUT2D eigenvalue weighted by Gasteiger charge is 1.94. The number of nitrogens with two attached hydrogens (primary N) is 1. The van der Waals surface area contributed by atoms with Gasteiger partial charge in [0, 0.05) is 0 Å². The minimum Gasteiger partial charge on any atom is -0.452 e. The maximum absolute atomic E-state index is 10.1. The summed E-state index contributed by atoms with van der Waals surface area (Å²) in [4.78, 5) is 10.1. The Bertz CT molecular complexity index is 97.1. The van der Waals surface area contributed by atoms with Crippen molar-refractivity contribution in [2.45, 2.75) is 0 Å². The zero-order valence-electron chi connectivity index (χ0n) is 4.87. The van der Waals surface area contributed by atoms with Gasteiger partial charge in [-0.15, -0.1) is 0 Å².